The largest absolute Gasteiger partial charge is 0.496 e. The lowest BCUT2D eigenvalue weighted by molar-refractivity contribution is -0.392. The van der Waals surface area contributed by atoms with Crippen LogP contribution in [0.4, 0.5) is 5.82 Å². The number of benzene rings is 1. The Morgan fingerprint density at radius 2 is 2.15 bits per heavy atom. The van der Waals surface area contributed by atoms with Crippen molar-refractivity contribution in [1.82, 2.24) is 9.55 Å². The third kappa shape index (κ3) is 2.96. The first-order chi connectivity index (χ1) is 9.63. The fraction of sp³-hybridized carbons (Fsp3) is 0.357. The molecule has 0 atom stereocenters. The standard InChI is InChI=1S/C14H17N3O3/c1-11-15-10-14(17(18)19)16(11)9-5-7-12-6-3-4-8-13(12)20-2/h3-4,6,8,10H,5,7,9H2,1-2H3. The predicted octanol–water partition coefficient (Wildman–Crippen LogP) is 2.74. The Morgan fingerprint density at radius 1 is 1.40 bits per heavy atom. The molecule has 0 spiro atoms. The van der Waals surface area contributed by atoms with Crippen LogP contribution in [0.5, 0.6) is 5.75 Å². The van der Waals surface area contributed by atoms with Gasteiger partial charge in [0.2, 0.25) is 0 Å². The van der Waals surface area contributed by atoms with Gasteiger partial charge in [0.25, 0.3) is 0 Å². The first-order valence-electron chi connectivity index (χ1n) is 6.42. The van der Waals surface area contributed by atoms with Crippen molar-refractivity contribution in [2.45, 2.75) is 26.3 Å². The molecule has 0 aliphatic heterocycles. The van der Waals surface area contributed by atoms with E-state index in [1.807, 2.05) is 24.3 Å². The summed E-state index contributed by atoms with van der Waals surface area (Å²) in [6.45, 7) is 2.34. The average molecular weight is 275 g/mol. The van der Waals surface area contributed by atoms with Crippen molar-refractivity contribution in [3.63, 3.8) is 0 Å². The van der Waals surface area contributed by atoms with Gasteiger partial charge in [-0.25, -0.2) is 9.55 Å². The maximum Gasteiger partial charge on any atom is 0.342 e. The van der Waals surface area contributed by atoms with Crippen molar-refractivity contribution >= 4 is 5.82 Å². The highest BCUT2D eigenvalue weighted by Gasteiger charge is 2.16. The van der Waals surface area contributed by atoms with Crippen LogP contribution in [0.25, 0.3) is 0 Å². The molecule has 6 nitrogen and oxygen atoms in total. The molecule has 6 heteroatoms. The summed E-state index contributed by atoms with van der Waals surface area (Å²) in [5, 5.41) is 10.9. The monoisotopic (exact) mass is 275 g/mol. The topological polar surface area (TPSA) is 70.2 Å². The molecule has 0 unspecified atom stereocenters. The van der Waals surface area contributed by atoms with Crippen molar-refractivity contribution in [2.24, 2.45) is 0 Å². The Balaban J connectivity index is 2.03. The molecule has 0 radical (unpaired) electrons. The Morgan fingerprint density at radius 3 is 2.85 bits per heavy atom. The molecule has 1 aromatic carbocycles. The SMILES string of the molecule is COc1ccccc1CCCn1c([N+](=O)[O-])cnc1C. The summed E-state index contributed by atoms with van der Waals surface area (Å²) in [5.41, 5.74) is 1.11. The van der Waals surface area contributed by atoms with Gasteiger partial charge in [0, 0.05) is 6.92 Å². The highest BCUT2D eigenvalue weighted by atomic mass is 16.6. The van der Waals surface area contributed by atoms with Crippen molar-refractivity contribution in [3.8, 4) is 5.75 Å². The molecule has 0 aliphatic rings. The summed E-state index contributed by atoms with van der Waals surface area (Å²) in [7, 11) is 1.64. The molecule has 0 saturated carbocycles. The second-order valence-electron chi connectivity index (χ2n) is 4.49. The van der Waals surface area contributed by atoms with Crippen LogP contribution in [0.1, 0.15) is 17.8 Å². The zero-order chi connectivity index (χ0) is 14.5. The zero-order valence-electron chi connectivity index (χ0n) is 11.6. The normalized spacial score (nSPS) is 10.5. The van der Waals surface area contributed by atoms with E-state index in [9.17, 15) is 10.1 Å². The minimum absolute atomic E-state index is 0.0440. The van der Waals surface area contributed by atoms with Gasteiger partial charge in [0.1, 0.15) is 11.9 Å². The highest BCUT2D eigenvalue weighted by molar-refractivity contribution is 5.33. The third-order valence-electron chi connectivity index (χ3n) is 3.24. The number of aromatic nitrogens is 2. The van der Waals surface area contributed by atoms with Gasteiger partial charge in [-0.05, 0) is 29.4 Å². The summed E-state index contributed by atoms with van der Waals surface area (Å²) >= 11 is 0. The lowest BCUT2D eigenvalue weighted by Crippen LogP contribution is -2.06. The first-order valence-corrected chi connectivity index (χ1v) is 6.42. The van der Waals surface area contributed by atoms with Crippen molar-refractivity contribution in [3.05, 3.63) is 52.0 Å². The second-order valence-corrected chi connectivity index (χ2v) is 4.49. The number of hydrogen-bond acceptors (Lipinski definition) is 4. The molecule has 0 N–H and O–H groups in total. The molecule has 20 heavy (non-hydrogen) atoms. The third-order valence-corrected chi connectivity index (χ3v) is 3.24. The van der Waals surface area contributed by atoms with E-state index in [4.69, 9.17) is 4.74 Å². The van der Waals surface area contributed by atoms with Crippen LogP contribution >= 0.6 is 0 Å². The van der Waals surface area contributed by atoms with Gasteiger partial charge in [-0.1, -0.05) is 18.2 Å². The number of imidazole rings is 1. The summed E-state index contributed by atoms with van der Waals surface area (Å²) in [6.07, 6.45) is 2.90. The Labute approximate surface area is 117 Å². The lowest BCUT2D eigenvalue weighted by atomic mass is 10.1. The Bertz CT molecular complexity index is 607. The number of nitro groups is 1. The minimum Gasteiger partial charge on any atom is -0.496 e. The van der Waals surface area contributed by atoms with Crippen molar-refractivity contribution in [2.75, 3.05) is 7.11 Å². The molecule has 106 valence electrons. The maximum absolute atomic E-state index is 10.9. The fourth-order valence-corrected chi connectivity index (χ4v) is 2.22. The maximum atomic E-state index is 10.9. The van der Waals surface area contributed by atoms with Gasteiger partial charge in [-0.2, -0.15) is 0 Å². The molecule has 2 aromatic rings. The van der Waals surface area contributed by atoms with Crippen LogP contribution in [0.2, 0.25) is 0 Å². The molecule has 0 bridgehead atoms. The summed E-state index contributed by atoms with van der Waals surface area (Å²) < 4.78 is 6.93. The van der Waals surface area contributed by atoms with Gasteiger partial charge in [-0.15, -0.1) is 0 Å². The van der Waals surface area contributed by atoms with E-state index in [-0.39, 0.29) is 5.82 Å². The number of methoxy groups -OCH3 is 1. The predicted molar refractivity (Wildman–Crippen MR) is 74.9 cm³/mol. The fourth-order valence-electron chi connectivity index (χ4n) is 2.22. The quantitative estimate of drug-likeness (QED) is 0.600. The number of rotatable bonds is 6. The van der Waals surface area contributed by atoms with Gasteiger partial charge in [0.05, 0.1) is 13.7 Å². The van der Waals surface area contributed by atoms with Crippen LogP contribution in [0.15, 0.2) is 30.5 Å². The number of para-hydroxylation sites is 1. The summed E-state index contributed by atoms with van der Waals surface area (Å²) in [4.78, 5) is 14.5. The van der Waals surface area contributed by atoms with E-state index in [0.717, 1.165) is 24.2 Å². The minimum atomic E-state index is -0.400. The number of nitrogens with zero attached hydrogens (tertiary/aromatic N) is 3. The zero-order valence-corrected chi connectivity index (χ0v) is 11.6. The molecule has 1 aromatic heterocycles. The van der Waals surface area contributed by atoms with Crippen molar-refractivity contribution < 1.29 is 9.66 Å². The Kier molecular flexibility index (Phi) is 4.34. The van der Waals surface area contributed by atoms with Crippen LogP contribution < -0.4 is 4.74 Å². The van der Waals surface area contributed by atoms with E-state index in [2.05, 4.69) is 4.98 Å². The van der Waals surface area contributed by atoms with E-state index in [0.29, 0.717) is 12.4 Å². The molecule has 0 amide bonds. The number of ether oxygens (including phenoxy) is 1. The molecule has 1 heterocycles. The highest BCUT2D eigenvalue weighted by Crippen LogP contribution is 2.20. The van der Waals surface area contributed by atoms with Gasteiger partial charge in [-0.3, -0.25) is 0 Å². The average Bonchev–Trinajstić information content (AvgIpc) is 2.81. The van der Waals surface area contributed by atoms with Gasteiger partial charge < -0.3 is 14.9 Å². The van der Waals surface area contributed by atoms with E-state index in [1.54, 1.807) is 18.6 Å². The van der Waals surface area contributed by atoms with Gasteiger partial charge in [0.15, 0.2) is 5.82 Å². The molecular formula is C14H17N3O3. The van der Waals surface area contributed by atoms with Crippen LogP contribution in [-0.4, -0.2) is 21.6 Å². The van der Waals surface area contributed by atoms with Crippen LogP contribution in [-0.2, 0) is 13.0 Å². The Hall–Kier alpha value is -2.37. The molecule has 0 aliphatic carbocycles. The second kappa shape index (κ2) is 6.18. The van der Waals surface area contributed by atoms with E-state index >= 15 is 0 Å². The summed E-state index contributed by atoms with van der Waals surface area (Å²) in [6, 6.07) is 7.81. The molecular weight excluding hydrogens is 258 g/mol. The van der Waals surface area contributed by atoms with Crippen LogP contribution in [0, 0.1) is 17.0 Å². The molecule has 0 fully saturated rings. The first kappa shape index (κ1) is 14.0. The summed E-state index contributed by atoms with van der Waals surface area (Å²) in [5.74, 6) is 1.56. The van der Waals surface area contributed by atoms with Gasteiger partial charge >= 0.3 is 5.82 Å². The van der Waals surface area contributed by atoms with Crippen LogP contribution in [0.3, 0.4) is 0 Å². The van der Waals surface area contributed by atoms with E-state index < -0.39 is 4.92 Å². The smallest absolute Gasteiger partial charge is 0.342 e. The number of aryl methyl sites for hydroxylation is 2. The number of hydrogen-bond donors (Lipinski definition) is 0. The molecule has 0 saturated heterocycles. The molecule has 2 rings (SSSR count). The van der Waals surface area contributed by atoms with Crippen molar-refractivity contribution in [1.29, 1.82) is 0 Å². The van der Waals surface area contributed by atoms with E-state index in [1.165, 1.54) is 6.20 Å². The lowest BCUT2D eigenvalue weighted by Gasteiger charge is -2.08.